The van der Waals surface area contributed by atoms with Crippen molar-refractivity contribution in [2.45, 2.75) is 0 Å². The van der Waals surface area contributed by atoms with Crippen molar-refractivity contribution < 1.29 is 45.0 Å². The van der Waals surface area contributed by atoms with Crippen molar-refractivity contribution in [3.8, 4) is 0 Å². The van der Waals surface area contributed by atoms with Crippen LogP contribution in [0.3, 0.4) is 0 Å². The smallest absolute Gasteiger partial charge is 0.820 e. The van der Waals surface area contributed by atoms with Gasteiger partial charge in [0.2, 0.25) is 0 Å². The van der Waals surface area contributed by atoms with Crippen molar-refractivity contribution in [2.75, 3.05) is 0 Å². The van der Waals surface area contributed by atoms with Crippen LogP contribution in [0.15, 0.2) is 30.3 Å². The third-order valence-electron chi connectivity index (χ3n) is 1.14. The van der Waals surface area contributed by atoms with Crippen LogP contribution < -0.4 is 39.8 Å². The minimum absolute atomic E-state index is 0. The summed E-state index contributed by atoms with van der Waals surface area (Å²) in [6, 6.07) is 8.49. The second kappa shape index (κ2) is 5.18. The third-order valence-corrected chi connectivity index (χ3v) is 1.14. The molecule has 3 nitrogen and oxygen atoms in total. The summed E-state index contributed by atoms with van der Waals surface area (Å²) < 4.78 is 0. The van der Waals surface area contributed by atoms with Crippen LogP contribution in [0.1, 0.15) is 5.56 Å². The van der Waals surface area contributed by atoms with Crippen molar-refractivity contribution in [1.29, 1.82) is 0 Å². The largest absolute Gasteiger partial charge is 1.00 e. The Morgan fingerprint density at radius 3 is 2.27 bits per heavy atom. The van der Waals surface area contributed by atoms with Crippen LogP contribution in [0.25, 0.3) is 0 Å². The van der Waals surface area contributed by atoms with Crippen LogP contribution in [0.5, 0.6) is 0 Å². The van der Waals surface area contributed by atoms with E-state index in [4.69, 9.17) is 5.21 Å². The van der Waals surface area contributed by atoms with Gasteiger partial charge >= 0.3 is 29.6 Å². The quantitative estimate of drug-likeness (QED) is 0.142. The summed E-state index contributed by atoms with van der Waals surface area (Å²) in [5.74, 6) is -0.486. The van der Waals surface area contributed by atoms with Crippen LogP contribution in [0, 0.1) is 0 Å². The van der Waals surface area contributed by atoms with Gasteiger partial charge in [-0.25, -0.2) is 0 Å². The molecule has 0 heterocycles. The number of benzene rings is 1. The van der Waals surface area contributed by atoms with E-state index in [0.29, 0.717) is 5.56 Å². The molecule has 0 aliphatic heterocycles. The first-order chi connectivity index (χ1) is 4.84. The van der Waals surface area contributed by atoms with E-state index < -0.39 is 5.90 Å². The second-order valence-electron chi connectivity index (χ2n) is 1.81. The number of hydrogen-bond acceptors (Lipinski definition) is 2. The molecule has 0 spiro atoms. The van der Waals surface area contributed by atoms with Crippen molar-refractivity contribution in [2.24, 2.45) is 0 Å². The Hall–Kier alpha value is -0.510. The van der Waals surface area contributed by atoms with Crippen LogP contribution in [-0.2, 0) is 0 Å². The first-order valence-electron chi connectivity index (χ1n) is 2.84. The Balaban J connectivity index is 0.000001000. The predicted octanol–water partition coefficient (Wildman–Crippen LogP) is -4.73. The van der Waals surface area contributed by atoms with E-state index in [2.05, 4.69) is 0 Å². The van der Waals surface area contributed by atoms with Gasteiger partial charge in [-0.15, -0.1) is 0 Å². The fourth-order valence-corrected chi connectivity index (χ4v) is 0.654. The van der Waals surface area contributed by atoms with Gasteiger partial charge in [0.05, 0.1) is 0 Å². The molecule has 0 saturated carbocycles. The van der Waals surface area contributed by atoms with Gasteiger partial charge < -0.3 is 5.11 Å². The second-order valence-corrected chi connectivity index (χ2v) is 1.81. The molecule has 0 saturated heterocycles. The minimum atomic E-state index is -0.486. The zero-order chi connectivity index (χ0) is 7.40. The monoisotopic (exact) mass is 160 g/mol. The standard InChI is InChI=1S/C7H7NO2.Na/c9-7(8-10)6-4-2-1-3-5-6;/h1-5,10H,(H,8,9);/q;+1. The molecular formula is C7H7NNaO2+. The van der Waals surface area contributed by atoms with Gasteiger partial charge in [-0.2, -0.15) is 0 Å². The minimum Gasteiger partial charge on any atom is -0.820 e. The molecule has 1 rings (SSSR count). The number of rotatable bonds is 1. The van der Waals surface area contributed by atoms with Crippen LogP contribution in [-0.4, -0.2) is 11.1 Å². The molecule has 0 bridgehead atoms. The van der Waals surface area contributed by atoms with Crippen molar-refractivity contribution >= 4 is 5.90 Å². The molecule has 1 aromatic rings. The van der Waals surface area contributed by atoms with Gasteiger partial charge in [-0.1, -0.05) is 23.4 Å². The van der Waals surface area contributed by atoms with Gasteiger partial charge in [-0.3, -0.25) is 5.21 Å². The summed E-state index contributed by atoms with van der Waals surface area (Å²) in [7, 11) is 0. The molecule has 0 aliphatic rings. The molecule has 4 heteroatoms. The molecule has 0 fully saturated rings. The Labute approximate surface area is 86.6 Å². The van der Waals surface area contributed by atoms with E-state index in [9.17, 15) is 5.11 Å². The topological polar surface area (TPSA) is 57.3 Å². The van der Waals surface area contributed by atoms with E-state index in [1.165, 1.54) is 0 Å². The normalized spacial score (nSPS) is 10.4. The summed E-state index contributed by atoms with van der Waals surface area (Å²) in [5, 5.41) is 20.4. The van der Waals surface area contributed by atoms with Crippen molar-refractivity contribution in [3.63, 3.8) is 0 Å². The molecule has 11 heavy (non-hydrogen) atoms. The molecular weight excluding hydrogens is 153 g/mol. The molecule has 0 radical (unpaired) electrons. The fraction of sp³-hybridized carbons (Fsp3) is 0. The molecule has 0 atom stereocenters. The predicted molar refractivity (Wildman–Crippen MR) is 33.3 cm³/mol. The Morgan fingerprint density at radius 2 is 1.82 bits per heavy atom. The molecule has 0 aromatic heterocycles. The molecule has 0 amide bonds. The third kappa shape index (κ3) is 2.93. The van der Waals surface area contributed by atoms with E-state index in [1.54, 1.807) is 35.5 Å². The van der Waals surface area contributed by atoms with E-state index in [0.717, 1.165) is 0 Å². The molecule has 0 aliphatic carbocycles. The fourth-order valence-electron chi connectivity index (χ4n) is 0.654. The van der Waals surface area contributed by atoms with Crippen LogP contribution >= 0.6 is 0 Å². The Morgan fingerprint density at radius 1 is 1.27 bits per heavy atom. The summed E-state index contributed by atoms with van der Waals surface area (Å²) >= 11 is 0. The number of nitrogens with one attached hydrogen (secondary N) is 1. The van der Waals surface area contributed by atoms with Crippen molar-refractivity contribution in [1.82, 2.24) is 0 Å². The average Bonchev–Trinajstić information content (AvgIpc) is 2.05. The van der Waals surface area contributed by atoms with Crippen LogP contribution in [0.4, 0.5) is 0 Å². The van der Waals surface area contributed by atoms with Gasteiger partial charge in [0.1, 0.15) is 0 Å². The molecule has 52 valence electrons. The zero-order valence-corrected chi connectivity index (χ0v) is 8.24. The first-order valence-corrected chi connectivity index (χ1v) is 2.84. The summed E-state index contributed by atoms with van der Waals surface area (Å²) in [6.07, 6.45) is 0. The maximum Gasteiger partial charge on any atom is 1.00 e. The Kier molecular flexibility index (Phi) is 4.94. The first kappa shape index (κ1) is 10.5. The van der Waals surface area contributed by atoms with Crippen molar-refractivity contribution in [3.05, 3.63) is 35.9 Å². The van der Waals surface area contributed by atoms with Gasteiger partial charge in [0.25, 0.3) is 0 Å². The average molecular weight is 160 g/mol. The van der Waals surface area contributed by atoms with E-state index in [-0.39, 0.29) is 29.6 Å². The molecule has 0 unspecified atom stereocenters. The van der Waals surface area contributed by atoms with Gasteiger partial charge in [-0.05, 0) is 12.1 Å². The molecule has 1 aromatic carbocycles. The summed E-state index contributed by atoms with van der Waals surface area (Å²) in [5.41, 5.74) is 0.449. The van der Waals surface area contributed by atoms with Gasteiger partial charge in [0, 0.05) is 5.56 Å². The summed E-state index contributed by atoms with van der Waals surface area (Å²) in [4.78, 5) is 0. The maximum atomic E-state index is 10.7. The number of hydrogen-bond donors (Lipinski definition) is 2. The van der Waals surface area contributed by atoms with E-state index in [1.807, 2.05) is 0 Å². The van der Waals surface area contributed by atoms with Gasteiger partial charge in [0.15, 0.2) is 5.90 Å². The molecule has 2 N–H and O–H groups in total. The maximum absolute atomic E-state index is 10.7. The zero-order valence-electron chi connectivity index (χ0n) is 6.24. The SMILES string of the molecule is [Na+].[O-]C(=[NH+]O)c1ccccc1. The van der Waals surface area contributed by atoms with Crippen LogP contribution in [0.2, 0.25) is 0 Å². The van der Waals surface area contributed by atoms with E-state index >= 15 is 0 Å². The Bertz CT molecular complexity index is 235. The summed E-state index contributed by atoms with van der Waals surface area (Å²) in [6.45, 7) is 0.